The smallest absolute Gasteiger partial charge is 0.224 e. The molecule has 20 heavy (non-hydrogen) atoms. The average Bonchev–Trinajstić information content (AvgIpc) is 2.85. The van der Waals surface area contributed by atoms with E-state index in [2.05, 4.69) is 5.32 Å². The molecule has 0 aromatic carbocycles. The molecule has 2 aliphatic heterocycles. The van der Waals surface area contributed by atoms with Gasteiger partial charge >= 0.3 is 0 Å². The van der Waals surface area contributed by atoms with Gasteiger partial charge in [0, 0.05) is 25.6 Å². The van der Waals surface area contributed by atoms with Crippen LogP contribution in [0.25, 0.3) is 0 Å². The summed E-state index contributed by atoms with van der Waals surface area (Å²) in [6, 6.07) is -0.0274. The maximum atomic E-state index is 12.5. The second-order valence-corrected chi connectivity index (χ2v) is 8.19. The molecule has 0 radical (unpaired) electrons. The van der Waals surface area contributed by atoms with Gasteiger partial charge in [-0.3, -0.25) is 4.79 Å². The Morgan fingerprint density at radius 1 is 1.35 bits per heavy atom. The molecule has 3 atom stereocenters. The number of rotatable bonds is 2. The van der Waals surface area contributed by atoms with Crippen molar-refractivity contribution in [2.75, 3.05) is 31.2 Å². The third kappa shape index (κ3) is 2.99. The molecule has 1 saturated carbocycles. The lowest BCUT2D eigenvalue weighted by Gasteiger charge is -2.38. The third-order valence-corrected chi connectivity index (χ3v) is 6.26. The van der Waals surface area contributed by atoms with Gasteiger partial charge in [0.1, 0.15) is 0 Å². The number of nitrogens with zero attached hydrogens (tertiary/aromatic N) is 1. The van der Waals surface area contributed by atoms with Crippen LogP contribution in [0.1, 0.15) is 25.7 Å². The number of carbonyl (C=O) groups excluding carboxylic acids is 1. The molecule has 2 saturated heterocycles. The molecule has 3 fully saturated rings. The van der Waals surface area contributed by atoms with E-state index in [4.69, 9.17) is 4.74 Å². The van der Waals surface area contributed by atoms with Gasteiger partial charge in [0.25, 0.3) is 0 Å². The van der Waals surface area contributed by atoms with Crippen LogP contribution in [0.15, 0.2) is 0 Å². The topological polar surface area (TPSA) is 75.7 Å². The number of carbonyl (C=O) groups is 1. The van der Waals surface area contributed by atoms with Crippen LogP contribution >= 0.6 is 0 Å². The number of morpholine rings is 1. The Morgan fingerprint density at radius 3 is 3.00 bits per heavy atom. The van der Waals surface area contributed by atoms with Crippen LogP contribution in [0.3, 0.4) is 0 Å². The molecule has 0 aromatic heterocycles. The zero-order valence-corrected chi connectivity index (χ0v) is 12.4. The number of hydrogen-bond donors (Lipinski definition) is 1. The summed E-state index contributed by atoms with van der Waals surface area (Å²) >= 11 is 0. The molecule has 1 amide bonds. The normalized spacial score (nSPS) is 36.6. The van der Waals surface area contributed by atoms with Crippen LogP contribution in [-0.4, -0.2) is 68.6 Å². The Labute approximate surface area is 119 Å². The third-order valence-electron chi connectivity index (χ3n) is 4.52. The van der Waals surface area contributed by atoms with Crippen molar-refractivity contribution in [3.05, 3.63) is 0 Å². The van der Waals surface area contributed by atoms with Crippen LogP contribution in [-0.2, 0) is 19.4 Å². The van der Waals surface area contributed by atoms with Gasteiger partial charge in [-0.25, -0.2) is 8.42 Å². The minimum Gasteiger partial charge on any atom is -0.374 e. The van der Waals surface area contributed by atoms with Crippen molar-refractivity contribution in [1.29, 1.82) is 0 Å². The number of fused-ring (bicyclic) bond motifs is 1. The fraction of sp³-hybridized carbons (Fsp3) is 0.923. The maximum absolute atomic E-state index is 12.5. The summed E-state index contributed by atoms with van der Waals surface area (Å²) in [6.45, 7) is 1.69. The first-order chi connectivity index (χ1) is 9.55. The van der Waals surface area contributed by atoms with E-state index in [0.717, 1.165) is 19.3 Å². The molecule has 6 nitrogen and oxygen atoms in total. The van der Waals surface area contributed by atoms with Crippen molar-refractivity contribution in [2.45, 2.75) is 43.9 Å². The van der Waals surface area contributed by atoms with Gasteiger partial charge in [-0.05, 0) is 19.3 Å². The molecule has 7 heteroatoms. The summed E-state index contributed by atoms with van der Waals surface area (Å²) in [6.07, 6.45) is 3.62. The molecule has 1 N–H and O–H groups in total. The van der Waals surface area contributed by atoms with Crippen LogP contribution in [0.5, 0.6) is 0 Å². The number of amides is 1. The molecule has 0 aromatic rings. The quantitative estimate of drug-likeness (QED) is 0.747. The molecule has 0 spiro atoms. The molecule has 2 heterocycles. The molecule has 1 aliphatic carbocycles. The van der Waals surface area contributed by atoms with Crippen molar-refractivity contribution in [2.24, 2.45) is 0 Å². The van der Waals surface area contributed by atoms with Crippen molar-refractivity contribution < 1.29 is 17.9 Å². The van der Waals surface area contributed by atoms with Crippen molar-refractivity contribution in [1.82, 2.24) is 10.2 Å². The number of hydrogen-bond acceptors (Lipinski definition) is 5. The predicted octanol–water partition coefficient (Wildman–Crippen LogP) is -0.457. The molecular weight excluding hydrogens is 280 g/mol. The lowest BCUT2D eigenvalue weighted by atomic mass is 10.1. The summed E-state index contributed by atoms with van der Waals surface area (Å²) in [5.41, 5.74) is 0. The van der Waals surface area contributed by atoms with Gasteiger partial charge in [-0.2, -0.15) is 0 Å². The van der Waals surface area contributed by atoms with Gasteiger partial charge in [0.05, 0.1) is 30.3 Å². The van der Waals surface area contributed by atoms with Crippen LogP contribution in [0.4, 0.5) is 0 Å². The first kappa shape index (κ1) is 14.3. The second-order valence-electron chi connectivity index (χ2n) is 5.96. The number of nitrogens with one attached hydrogen (secondary N) is 1. The summed E-state index contributed by atoms with van der Waals surface area (Å²) in [7, 11) is -2.98. The Bertz CT molecular complexity index is 479. The number of sulfone groups is 1. The van der Waals surface area contributed by atoms with Crippen LogP contribution in [0.2, 0.25) is 0 Å². The molecule has 3 unspecified atom stereocenters. The van der Waals surface area contributed by atoms with E-state index in [1.807, 2.05) is 4.90 Å². The van der Waals surface area contributed by atoms with Crippen molar-refractivity contribution in [3.8, 4) is 0 Å². The Hall–Kier alpha value is -0.660. The highest BCUT2D eigenvalue weighted by Crippen LogP contribution is 2.30. The lowest BCUT2D eigenvalue weighted by molar-refractivity contribution is -0.144. The first-order valence-corrected chi connectivity index (χ1v) is 9.22. The van der Waals surface area contributed by atoms with E-state index in [1.165, 1.54) is 0 Å². The zero-order chi connectivity index (χ0) is 14.2. The summed E-state index contributed by atoms with van der Waals surface area (Å²) in [4.78, 5) is 14.4. The average molecular weight is 302 g/mol. The fourth-order valence-electron chi connectivity index (χ4n) is 3.56. The summed E-state index contributed by atoms with van der Waals surface area (Å²) in [5.74, 6) is 0.330. The summed E-state index contributed by atoms with van der Waals surface area (Å²) in [5, 5.41) is 3.15. The highest BCUT2D eigenvalue weighted by molar-refractivity contribution is 7.91. The van der Waals surface area contributed by atoms with Crippen molar-refractivity contribution in [3.63, 3.8) is 0 Å². The Morgan fingerprint density at radius 2 is 2.20 bits per heavy atom. The maximum Gasteiger partial charge on any atom is 0.224 e. The minimum atomic E-state index is -2.98. The molecule has 0 bridgehead atoms. The zero-order valence-electron chi connectivity index (χ0n) is 11.6. The molecule has 114 valence electrons. The standard InChI is InChI=1S/C13H22N2O4S/c16-13(8-10-9-20(17,18)7-4-14-10)15-5-6-19-12-3-1-2-11(12)15/h10-12,14H,1-9H2. The SMILES string of the molecule is O=C(CC1CS(=O)(=O)CCN1)N1CCOC2CCCC21. The van der Waals surface area contributed by atoms with Gasteiger partial charge in [-0.15, -0.1) is 0 Å². The minimum absolute atomic E-state index is 0.0693. The summed E-state index contributed by atoms with van der Waals surface area (Å²) < 4.78 is 28.9. The van der Waals surface area contributed by atoms with E-state index in [9.17, 15) is 13.2 Å². The number of ether oxygens (including phenoxy) is 1. The predicted molar refractivity (Wildman–Crippen MR) is 74.2 cm³/mol. The monoisotopic (exact) mass is 302 g/mol. The van der Waals surface area contributed by atoms with E-state index in [0.29, 0.717) is 19.7 Å². The Balaban J connectivity index is 1.61. The van der Waals surface area contributed by atoms with Gasteiger partial charge < -0.3 is 15.0 Å². The lowest BCUT2D eigenvalue weighted by Crippen LogP contribution is -2.54. The van der Waals surface area contributed by atoms with E-state index < -0.39 is 9.84 Å². The second kappa shape index (κ2) is 5.61. The molecule has 3 aliphatic rings. The fourth-order valence-corrected chi connectivity index (χ4v) is 5.01. The Kier molecular flexibility index (Phi) is 4.01. The van der Waals surface area contributed by atoms with Gasteiger partial charge in [0.2, 0.25) is 5.91 Å². The molecule has 3 rings (SSSR count). The van der Waals surface area contributed by atoms with Crippen LogP contribution < -0.4 is 5.32 Å². The van der Waals surface area contributed by atoms with E-state index in [-0.39, 0.29) is 42.0 Å². The van der Waals surface area contributed by atoms with E-state index >= 15 is 0 Å². The van der Waals surface area contributed by atoms with Gasteiger partial charge in [0.15, 0.2) is 9.84 Å². The molecular formula is C13H22N2O4S. The highest BCUT2D eigenvalue weighted by Gasteiger charge is 2.39. The first-order valence-electron chi connectivity index (χ1n) is 7.40. The largest absolute Gasteiger partial charge is 0.374 e. The van der Waals surface area contributed by atoms with Crippen LogP contribution in [0, 0.1) is 0 Å². The van der Waals surface area contributed by atoms with Crippen molar-refractivity contribution >= 4 is 15.7 Å². The highest BCUT2D eigenvalue weighted by atomic mass is 32.2. The van der Waals surface area contributed by atoms with E-state index in [1.54, 1.807) is 0 Å². The van der Waals surface area contributed by atoms with Gasteiger partial charge in [-0.1, -0.05) is 0 Å².